The molecule has 0 atom stereocenters. The molecule has 0 aliphatic heterocycles. The molecule has 2 aromatic heterocycles. The number of aromatic nitrogens is 2. The summed E-state index contributed by atoms with van der Waals surface area (Å²) in [6.45, 7) is 6.67. The molecule has 5 rings (SSSR count). The molecule has 2 heterocycles. The van der Waals surface area contributed by atoms with Crippen molar-refractivity contribution in [1.29, 1.82) is 0 Å². The number of nitro benzene ring substituents is 1. The number of nitro groups is 1. The van der Waals surface area contributed by atoms with E-state index >= 15 is 0 Å². The van der Waals surface area contributed by atoms with Crippen molar-refractivity contribution in [1.82, 2.24) is 9.97 Å². The molecule has 0 aliphatic rings. The molecule has 3 aromatic carbocycles. The van der Waals surface area contributed by atoms with Crippen molar-refractivity contribution in [3.05, 3.63) is 112 Å². The van der Waals surface area contributed by atoms with Gasteiger partial charge in [0.2, 0.25) is 0 Å². The van der Waals surface area contributed by atoms with Crippen molar-refractivity contribution in [2.24, 2.45) is 4.99 Å². The van der Waals surface area contributed by atoms with Crippen molar-refractivity contribution >= 4 is 62.7 Å². The zero-order valence-electron chi connectivity index (χ0n) is 21.7. The summed E-state index contributed by atoms with van der Waals surface area (Å²) in [4.78, 5) is 25.5. The van der Waals surface area contributed by atoms with Crippen LogP contribution in [0, 0.1) is 10.1 Å². The third-order valence-corrected chi connectivity index (χ3v) is 9.18. The molecule has 5 aromatic rings. The van der Waals surface area contributed by atoms with E-state index in [4.69, 9.17) is 4.98 Å². The topological polar surface area (TPSA) is 81.3 Å². The molecule has 0 unspecified atom stereocenters. The standard InChI is InChI=1S/C30H26N4O2S3/c1-30(2,3)22-10-7-20(8-11-22)19-37-29-33-24-13-12-23(17-27(24)39-29)32-18-21-9-14-26(25(16-21)34(35)36)38-28-6-4-5-15-31-28/h4-18H,19H2,1-3H3. The van der Waals surface area contributed by atoms with Gasteiger partial charge < -0.3 is 0 Å². The van der Waals surface area contributed by atoms with E-state index in [0.29, 0.717) is 15.5 Å². The second kappa shape index (κ2) is 11.7. The number of aliphatic imine (C=N–C) groups is 1. The van der Waals surface area contributed by atoms with Gasteiger partial charge >= 0.3 is 0 Å². The third-order valence-electron chi connectivity index (χ3n) is 5.93. The Morgan fingerprint density at radius 2 is 1.85 bits per heavy atom. The predicted molar refractivity (Wildman–Crippen MR) is 163 cm³/mol. The van der Waals surface area contributed by atoms with Crippen molar-refractivity contribution < 1.29 is 4.92 Å². The first kappa shape index (κ1) is 27.1. The molecule has 0 radical (unpaired) electrons. The second-order valence-corrected chi connectivity index (χ2v) is 13.2. The molecular weight excluding hydrogens is 545 g/mol. The molecule has 9 heteroatoms. The summed E-state index contributed by atoms with van der Waals surface area (Å²) in [5.41, 5.74) is 5.16. The number of hydrogen-bond donors (Lipinski definition) is 0. The quantitative estimate of drug-likeness (QED) is 0.0801. The van der Waals surface area contributed by atoms with Crippen LogP contribution in [-0.4, -0.2) is 21.1 Å². The number of nitrogens with zero attached hydrogens (tertiary/aromatic N) is 4. The highest BCUT2D eigenvalue weighted by atomic mass is 32.2. The van der Waals surface area contributed by atoms with Gasteiger partial charge in [0.25, 0.3) is 5.69 Å². The van der Waals surface area contributed by atoms with Crippen LogP contribution < -0.4 is 0 Å². The minimum atomic E-state index is -0.371. The first-order valence-corrected chi connectivity index (χ1v) is 14.9. The van der Waals surface area contributed by atoms with E-state index in [9.17, 15) is 10.1 Å². The van der Waals surface area contributed by atoms with Gasteiger partial charge in [0.15, 0.2) is 4.34 Å². The minimum absolute atomic E-state index is 0.0298. The Hall–Kier alpha value is -3.53. The van der Waals surface area contributed by atoms with Crippen molar-refractivity contribution in [3.63, 3.8) is 0 Å². The molecular formula is C30H26N4O2S3. The molecule has 196 valence electrons. The Kier molecular flexibility index (Phi) is 8.11. The summed E-state index contributed by atoms with van der Waals surface area (Å²) in [5, 5.41) is 12.4. The average molecular weight is 571 g/mol. The van der Waals surface area contributed by atoms with E-state index in [0.717, 1.165) is 26.0 Å². The van der Waals surface area contributed by atoms with Gasteiger partial charge in [-0.2, -0.15) is 0 Å². The van der Waals surface area contributed by atoms with Crippen LogP contribution in [0.3, 0.4) is 0 Å². The Bertz CT molecular complexity index is 1640. The number of benzene rings is 3. The van der Waals surface area contributed by atoms with E-state index in [1.807, 2.05) is 42.5 Å². The highest BCUT2D eigenvalue weighted by molar-refractivity contribution is 8.00. The lowest BCUT2D eigenvalue weighted by molar-refractivity contribution is -0.387. The molecule has 0 saturated carbocycles. The van der Waals surface area contributed by atoms with Crippen molar-refractivity contribution in [2.75, 3.05) is 0 Å². The van der Waals surface area contributed by atoms with Crippen LogP contribution in [0.4, 0.5) is 11.4 Å². The zero-order chi connectivity index (χ0) is 27.4. The van der Waals surface area contributed by atoms with Gasteiger partial charge in [-0.05, 0) is 58.5 Å². The largest absolute Gasteiger partial charge is 0.283 e. The number of rotatable bonds is 8. The zero-order valence-corrected chi connectivity index (χ0v) is 24.1. The summed E-state index contributed by atoms with van der Waals surface area (Å²) < 4.78 is 2.07. The van der Waals surface area contributed by atoms with E-state index < -0.39 is 0 Å². The van der Waals surface area contributed by atoms with E-state index in [1.54, 1.807) is 47.6 Å². The van der Waals surface area contributed by atoms with Crippen LogP contribution in [-0.2, 0) is 11.2 Å². The maximum absolute atomic E-state index is 11.7. The number of pyridine rings is 1. The van der Waals surface area contributed by atoms with Crippen molar-refractivity contribution in [2.45, 2.75) is 46.2 Å². The minimum Gasteiger partial charge on any atom is -0.258 e. The molecule has 0 amide bonds. The van der Waals surface area contributed by atoms with Crippen LogP contribution >= 0.6 is 34.9 Å². The molecule has 0 N–H and O–H groups in total. The van der Waals surface area contributed by atoms with Gasteiger partial charge in [0.1, 0.15) is 5.03 Å². The lowest BCUT2D eigenvalue weighted by Gasteiger charge is -2.19. The SMILES string of the molecule is CC(C)(C)c1ccc(CSc2nc3ccc(N=Cc4ccc(Sc5ccccn5)c([N+](=O)[O-])c4)cc3s2)cc1. The predicted octanol–water partition coefficient (Wildman–Crippen LogP) is 9.09. The van der Waals surface area contributed by atoms with Crippen LogP contribution in [0.15, 0.2) is 104 Å². The summed E-state index contributed by atoms with van der Waals surface area (Å²) in [6, 6.07) is 25.3. The average Bonchev–Trinajstić information content (AvgIpc) is 3.34. The Balaban J connectivity index is 1.27. The maximum Gasteiger partial charge on any atom is 0.283 e. The Labute approximate surface area is 239 Å². The highest BCUT2D eigenvalue weighted by Gasteiger charge is 2.16. The molecule has 0 aliphatic carbocycles. The molecule has 6 nitrogen and oxygen atoms in total. The third kappa shape index (κ3) is 6.92. The fourth-order valence-corrected chi connectivity index (χ4v) is 6.71. The fraction of sp³-hybridized carbons (Fsp3) is 0.167. The maximum atomic E-state index is 11.7. The summed E-state index contributed by atoms with van der Waals surface area (Å²) in [6.07, 6.45) is 3.32. The monoisotopic (exact) mass is 570 g/mol. The lowest BCUT2D eigenvalue weighted by atomic mass is 9.87. The van der Waals surface area contributed by atoms with E-state index in [1.165, 1.54) is 22.9 Å². The van der Waals surface area contributed by atoms with Gasteiger partial charge in [-0.3, -0.25) is 15.1 Å². The Morgan fingerprint density at radius 1 is 1.03 bits per heavy atom. The van der Waals surface area contributed by atoms with E-state index in [2.05, 4.69) is 55.0 Å². The van der Waals surface area contributed by atoms with Gasteiger partial charge in [0.05, 0.1) is 25.7 Å². The second-order valence-electron chi connectivity index (χ2n) is 9.88. The van der Waals surface area contributed by atoms with Gasteiger partial charge in [-0.1, -0.05) is 80.7 Å². The van der Waals surface area contributed by atoms with Crippen LogP contribution in [0.1, 0.15) is 37.5 Å². The number of thioether (sulfide) groups is 1. The summed E-state index contributed by atoms with van der Waals surface area (Å²) in [5.74, 6) is 0.864. The first-order chi connectivity index (χ1) is 18.7. The molecule has 0 saturated heterocycles. The van der Waals surface area contributed by atoms with Crippen LogP contribution in [0.25, 0.3) is 10.2 Å². The summed E-state index contributed by atoms with van der Waals surface area (Å²) >= 11 is 4.65. The molecule has 0 fully saturated rings. The summed E-state index contributed by atoms with van der Waals surface area (Å²) in [7, 11) is 0. The highest BCUT2D eigenvalue weighted by Crippen LogP contribution is 2.35. The number of thiazole rings is 1. The first-order valence-electron chi connectivity index (χ1n) is 12.3. The van der Waals surface area contributed by atoms with Gasteiger partial charge in [-0.25, -0.2) is 9.97 Å². The molecule has 0 bridgehead atoms. The lowest BCUT2D eigenvalue weighted by Crippen LogP contribution is -2.10. The molecule has 0 spiro atoms. The van der Waals surface area contributed by atoms with Crippen LogP contribution in [0.5, 0.6) is 0 Å². The van der Waals surface area contributed by atoms with E-state index in [-0.39, 0.29) is 16.0 Å². The smallest absolute Gasteiger partial charge is 0.258 e. The number of fused-ring (bicyclic) bond motifs is 1. The normalized spacial score (nSPS) is 11.9. The number of hydrogen-bond acceptors (Lipinski definition) is 8. The van der Waals surface area contributed by atoms with Crippen molar-refractivity contribution in [3.8, 4) is 0 Å². The van der Waals surface area contributed by atoms with Crippen LogP contribution in [0.2, 0.25) is 0 Å². The van der Waals surface area contributed by atoms with Gasteiger partial charge in [0, 0.05) is 24.2 Å². The fourth-order valence-electron chi connectivity index (χ4n) is 3.79. The molecule has 39 heavy (non-hydrogen) atoms. The Morgan fingerprint density at radius 3 is 2.56 bits per heavy atom. The van der Waals surface area contributed by atoms with Gasteiger partial charge in [-0.15, -0.1) is 11.3 Å².